The monoisotopic (exact) mass is 269 g/mol. The zero-order chi connectivity index (χ0) is 14.7. The lowest BCUT2D eigenvalue weighted by atomic mass is 10.1. The van der Waals surface area contributed by atoms with E-state index in [1.807, 2.05) is 6.07 Å². The second-order valence-corrected chi connectivity index (χ2v) is 4.23. The van der Waals surface area contributed by atoms with E-state index in [1.54, 1.807) is 32.0 Å². The molecular formula is C14H11N3O3. The van der Waals surface area contributed by atoms with E-state index in [1.165, 1.54) is 12.3 Å². The highest BCUT2D eigenvalue weighted by Crippen LogP contribution is 2.31. The molecule has 20 heavy (non-hydrogen) atoms. The van der Waals surface area contributed by atoms with Crippen LogP contribution in [0.5, 0.6) is 11.6 Å². The van der Waals surface area contributed by atoms with Crippen LogP contribution in [0, 0.1) is 35.3 Å². The molecule has 2 aromatic rings. The molecule has 0 unspecified atom stereocenters. The lowest BCUT2D eigenvalue weighted by molar-refractivity contribution is -0.385. The largest absolute Gasteiger partial charge is 0.437 e. The summed E-state index contributed by atoms with van der Waals surface area (Å²) in [4.78, 5) is 14.4. The highest BCUT2D eigenvalue weighted by Gasteiger charge is 2.16. The number of aromatic nitrogens is 1. The summed E-state index contributed by atoms with van der Waals surface area (Å²) in [7, 11) is 0. The van der Waals surface area contributed by atoms with Gasteiger partial charge >= 0.3 is 0 Å². The van der Waals surface area contributed by atoms with Gasteiger partial charge in [-0.05, 0) is 37.6 Å². The number of nitrogens with zero attached hydrogens (tertiary/aromatic N) is 3. The van der Waals surface area contributed by atoms with Crippen LogP contribution in [0.1, 0.15) is 16.7 Å². The summed E-state index contributed by atoms with van der Waals surface area (Å²) in [5, 5.41) is 19.9. The number of nitro benzene ring substituents is 1. The summed E-state index contributed by atoms with van der Waals surface area (Å²) in [5.74, 6) is 0.453. The first-order chi connectivity index (χ1) is 9.52. The van der Waals surface area contributed by atoms with E-state index in [4.69, 9.17) is 10.00 Å². The van der Waals surface area contributed by atoms with Crippen molar-refractivity contribution in [1.82, 2.24) is 4.98 Å². The molecule has 0 amide bonds. The van der Waals surface area contributed by atoms with Crippen LogP contribution in [-0.2, 0) is 0 Å². The Kier molecular flexibility index (Phi) is 3.62. The van der Waals surface area contributed by atoms with Gasteiger partial charge in [-0.2, -0.15) is 5.26 Å². The first-order valence-electron chi connectivity index (χ1n) is 5.81. The van der Waals surface area contributed by atoms with Gasteiger partial charge in [-0.3, -0.25) is 10.1 Å². The highest BCUT2D eigenvalue weighted by atomic mass is 16.6. The van der Waals surface area contributed by atoms with E-state index >= 15 is 0 Å². The predicted molar refractivity (Wildman–Crippen MR) is 71.6 cm³/mol. The lowest BCUT2D eigenvalue weighted by Crippen LogP contribution is -1.97. The summed E-state index contributed by atoms with van der Waals surface area (Å²) in [6, 6.07) is 8.17. The molecule has 1 heterocycles. The summed E-state index contributed by atoms with van der Waals surface area (Å²) in [5.41, 5.74) is 1.54. The van der Waals surface area contributed by atoms with E-state index in [2.05, 4.69) is 4.98 Å². The van der Waals surface area contributed by atoms with Crippen LogP contribution in [0.25, 0.3) is 0 Å². The maximum absolute atomic E-state index is 10.9. The van der Waals surface area contributed by atoms with Crippen LogP contribution < -0.4 is 4.74 Å². The van der Waals surface area contributed by atoms with Crippen molar-refractivity contribution in [3.8, 4) is 17.7 Å². The number of ether oxygens (including phenoxy) is 1. The van der Waals surface area contributed by atoms with E-state index in [0.29, 0.717) is 11.3 Å². The number of hydrogen-bond acceptors (Lipinski definition) is 5. The normalized spacial score (nSPS) is 9.85. The molecule has 6 nitrogen and oxygen atoms in total. The second kappa shape index (κ2) is 5.36. The van der Waals surface area contributed by atoms with Crippen LogP contribution in [0.4, 0.5) is 5.69 Å². The van der Waals surface area contributed by atoms with Crippen LogP contribution in [0.15, 0.2) is 30.5 Å². The smallest absolute Gasteiger partial charge is 0.276 e. The van der Waals surface area contributed by atoms with Gasteiger partial charge in [0, 0.05) is 11.8 Å². The van der Waals surface area contributed by atoms with Crippen molar-refractivity contribution in [3.63, 3.8) is 0 Å². The van der Waals surface area contributed by atoms with Crippen molar-refractivity contribution < 1.29 is 9.66 Å². The van der Waals surface area contributed by atoms with Crippen molar-refractivity contribution in [1.29, 1.82) is 5.26 Å². The molecule has 1 aromatic heterocycles. The third-order valence-electron chi connectivity index (χ3n) is 2.79. The van der Waals surface area contributed by atoms with Crippen LogP contribution in [-0.4, -0.2) is 9.91 Å². The number of nitriles is 1. The van der Waals surface area contributed by atoms with Crippen molar-refractivity contribution >= 4 is 5.69 Å². The second-order valence-electron chi connectivity index (χ2n) is 4.23. The molecule has 0 saturated heterocycles. The fraction of sp³-hybridized carbons (Fsp3) is 0.143. The topological polar surface area (TPSA) is 89.1 Å². The number of rotatable bonds is 3. The minimum absolute atomic E-state index is 0.0277. The Morgan fingerprint density at radius 3 is 2.75 bits per heavy atom. The summed E-state index contributed by atoms with van der Waals surface area (Å²) in [6.07, 6.45) is 1.49. The van der Waals surface area contributed by atoms with Gasteiger partial charge in [0.05, 0.1) is 11.0 Å². The van der Waals surface area contributed by atoms with Gasteiger partial charge in [-0.1, -0.05) is 0 Å². The first-order valence-corrected chi connectivity index (χ1v) is 5.81. The Labute approximate surface area is 115 Å². The molecule has 0 aliphatic carbocycles. The lowest BCUT2D eigenvalue weighted by Gasteiger charge is -2.09. The third kappa shape index (κ3) is 2.57. The maximum Gasteiger partial charge on any atom is 0.276 e. The number of aryl methyl sites for hydroxylation is 2. The fourth-order valence-corrected chi connectivity index (χ4v) is 1.79. The number of pyridine rings is 1. The molecular weight excluding hydrogens is 258 g/mol. The number of hydrogen-bond donors (Lipinski definition) is 0. The van der Waals surface area contributed by atoms with Crippen molar-refractivity contribution in [2.75, 3.05) is 0 Å². The summed E-state index contributed by atoms with van der Waals surface area (Å²) < 4.78 is 5.54. The quantitative estimate of drug-likeness (QED) is 0.630. The fourth-order valence-electron chi connectivity index (χ4n) is 1.79. The van der Waals surface area contributed by atoms with E-state index < -0.39 is 4.92 Å². The van der Waals surface area contributed by atoms with Gasteiger partial charge in [-0.15, -0.1) is 0 Å². The van der Waals surface area contributed by atoms with Crippen molar-refractivity contribution in [2.45, 2.75) is 13.8 Å². The van der Waals surface area contributed by atoms with Gasteiger partial charge in [0.25, 0.3) is 5.69 Å². The SMILES string of the molecule is Cc1cc(C)c([N+](=O)[O-])cc1Oc1ncccc1C#N. The van der Waals surface area contributed by atoms with E-state index in [9.17, 15) is 10.1 Å². The molecule has 6 heteroatoms. The Bertz CT molecular complexity index is 720. The molecule has 0 aliphatic rings. The minimum atomic E-state index is -0.467. The standard InChI is InChI=1S/C14H11N3O3/c1-9-6-10(2)13(7-12(9)17(18)19)20-14-11(8-15)4-3-5-16-14/h3-7H,1-2H3. The Balaban J connectivity index is 2.46. The van der Waals surface area contributed by atoms with Gasteiger partial charge in [0.15, 0.2) is 0 Å². The van der Waals surface area contributed by atoms with E-state index in [-0.39, 0.29) is 17.1 Å². The Morgan fingerprint density at radius 2 is 2.10 bits per heavy atom. The van der Waals surface area contributed by atoms with Gasteiger partial charge in [0.1, 0.15) is 17.4 Å². The molecule has 0 aliphatic heterocycles. The summed E-state index contributed by atoms with van der Waals surface area (Å²) >= 11 is 0. The minimum Gasteiger partial charge on any atom is -0.437 e. The van der Waals surface area contributed by atoms with Gasteiger partial charge < -0.3 is 4.74 Å². The molecule has 0 saturated carbocycles. The van der Waals surface area contributed by atoms with E-state index in [0.717, 1.165) is 5.56 Å². The molecule has 0 atom stereocenters. The molecule has 0 bridgehead atoms. The molecule has 0 fully saturated rings. The Morgan fingerprint density at radius 1 is 1.35 bits per heavy atom. The molecule has 2 rings (SSSR count). The first kappa shape index (κ1) is 13.5. The Hall–Kier alpha value is -2.94. The average Bonchev–Trinajstić information content (AvgIpc) is 2.42. The highest BCUT2D eigenvalue weighted by molar-refractivity contribution is 5.51. The number of benzene rings is 1. The summed E-state index contributed by atoms with van der Waals surface area (Å²) in [6.45, 7) is 3.44. The average molecular weight is 269 g/mol. The van der Waals surface area contributed by atoms with Gasteiger partial charge in [0.2, 0.25) is 5.88 Å². The van der Waals surface area contributed by atoms with Crippen LogP contribution in [0.3, 0.4) is 0 Å². The van der Waals surface area contributed by atoms with Crippen molar-refractivity contribution in [2.24, 2.45) is 0 Å². The number of nitro groups is 1. The molecule has 1 aromatic carbocycles. The molecule has 0 radical (unpaired) electrons. The third-order valence-corrected chi connectivity index (χ3v) is 2.79. The van der Waals surface area contributed by atoms with Crippen LogP contribution in [0.2, 0.25) is 0 Å². The zero-order valence-electron chi connectivity index (χ0n) is 11.0. The maximum atomic E-state index is 10.9. The van der Waals surface area contributed by atoms with Gasteiger partial charge in [-0.25, -0.2) is 4.98 Å². The molecule has 0 spiro atoms. The predicted octanol–water partition coefficient (Wildman–Crippen LogP) is 3.27. The molecule has 0 N–H and O–H groups in total. The van der Waals surface area contributed by atoms with Crippen molar-refractivity contribution in [3.05, 3.63) is 57.3 Å². The molecule has 100 valence electrons. The zero-order valence-corrected chi connectivity index (χ0v) is 11.0. The van der Waals surface area contributed by atoms with Crippen LogP contribution >= 0.6 is 0 Å².